The van der Waals surface area contributed by atoms with Crippen LogP contribution in [0.2, 0.25) is 0 Å². The Balaban J connectivity index is 2.25. The van der Waals surface area contributed by atoms with E-state index in [4.69, 9.17) is 0 Å². The molecule has 0 aliphatic rings. The average molecular weight is 240 g/mol. The number of rotatable bonds is 5. The zero-order chi connectivity index (χ0) is 12.8. The minimum Gasteiger partial charge on any atom is -0.507 e. The van der Waals surface area contributed by atoms with Gasteiger partial charge in [0, 0.05) is 5.56 Å². The first-order valence-corrected chi connectivity index (χ1v) is 6.69. The minimum absolute atomic E-state index is 0.444. The number of aryl methyl sites for hydroxylation is 1. The van der Waals surface area contributed by atoms with E-state index in [9.17, 15) is 5.11 Å². The Hall–Kier alpha value is -1.76. The van der Waals surface area contributed by atoms with Crippen LogP contribution in [0.1, 0.15) is 31.7 Å². The topological polar surface area (TPSA) is 20.2 Å². The van der Waals surface area contributed by atoms with Crippen molar-refractivity contribution in [2.24, 2.45) is 0 Å². The van der Waals surface area contributed by atoms with Gasteiger partial charge in [-0.1, -0.05) is 68.3 Å². The number of phenols is 1. The molecule has 2 rings (SSSR count). The van der Waals surface area contributed by atoms with E-state index in [1.165, 1.54) is 12.8 Å². The number of para-hydroxylation sites is 1. The van der Waals surface area contributed by atoms with E-state index in [1.807, 2.05) is 48.5 Å². The van der Waals surface area contributed by atoms with Crippen molar-refractivity contribution in [1.29, 1.82) is 0 Å². The molecule has 0 unspecified atom stereocenters. The molecule has 18 heavy (non-hydrogen) atoms. The zero-order valence-electron chi connectivity index (χ0n) is 10.9. The summed E-state index contributed by atoms with van der Waals surface area (Å²) in [5, 5.41) is 10.3. The standard InChI is InChI=1S/C17H20O/c1-2-3-5-11-15-12-8-13-16(17(15)18)14-9-6-4-7-10-14/h4,6-10,12-13,18H,2-3,5,11H2,1H3. The maximum absolute atomic E-state index is 10.3. The molecule has 0 fully saturated rings. The molecule has 0 aromatic heterocycles. The molecule has 0 radical (unpaired) electrons. The van der Waals surface area contributed by atoms with E-state index in [1.54, 1.807) is 0 Å². The summed E-state index contributed by atoms with van der Waals surface area (Å²) >= 11 is 0. The lowest BCUT2D eigenvalue weighted by atomic mass is 9.98. The molecule has 0 aliphatic heterocycles. The largest absolute Gasteiger partial charge is 0.507 e. The molecule has 1 nitrogen and oxygen atoms in total. The van der Waals surface area contributed by atoms with Crippen molar-refractivity contribution in [3.8, 4) is 16.9 Å². The van der Waals surface area contributed by atoms with E-state index in [2.05, 4.69) is 6.92 Å². The van der Waals surface area contributed by atoms with E-state index in [-0.39, 0.29) is 0 Å². The molecule has 0 amide bonds. The smallest absolute Gasteiger partial charge is 0.126 e. The van der Waals surface area contributed by atoms with Gasteiger partial charge in [0.15, 0.2) is 0 Å². The summed E-state index contributed by atoms with van der Waals surface area (Å²) in [4.78, 5) is 0. The monoisotopic (exact) mass is 240 g/mol. The molecule has 0 saturated heterocycles. The highest BCUT2D eigenvalue weighted by Crippen LogP contribution is 2.32. The number of hydrogen-bond donors (Lipinski definition) is 1. The van der Waals surface area contributed by atoms with Crippen molar-refractivity contribution in [3.05, 3.63) is 54.1 Å². The highest BCUT2D eigenvalue weighted by molar-refractivity contribution is 5.71. The van der Waals surface area contributed by atoms with Gasteiger partial charge in [-0.2, -0.15) is 0 Å². The van der Waals surface area contributed by atoms with Crippen molar-refractivity contribution >= 4 is 0 Å². The van der Waals surface area contributed by atoms with Crippen LogP contribution < -0.4 is 0 Å². The lowest BCUT2D eigenvalue weighted by molar-refractivity contribution is 0.468. The van der Waals surface area contributed by atoms with Crippen molar-refractivity contribution in [2.75, 3.05) is 0 Å². The van der Waals surface area contributed by atoms with Gasteiger partial charge in [-0.25, -0.2) is 0 Å². The van der Waals surface area contributed by atoms with Gasteiger partial charge in [0.05, 0.1) is 0 Å². The van der Waals surface area contributed by atoms with Gasteiger partial charge in [0.1, 0.15) is 5.75 Å². The minimum atomic E-state index is 0.444. The molecule has 0 heterocycles. The van der Waals surface area contributed by atoms with Crippen LogP contribution in [0.25, 0.3) is 11.1 Å². The number of benzene rings is 2. The predicted octanol–water partition coefficient (Wildman–Crippen LogP) is 4.79. The van der Waals surface area contributed by atoms with Crippen LogP contribution in [-0.4, -0.2) is 5.11 Å². The lowest BCUT2D eigenvalue weighted by Gasteiger charge is -2.09. The normalized spacial score (nSPS) is 10.5. The molecule has 0 bridgehead atoms. The van der Waals surface area contributed by atoms with Gasteiger partial charge in [0.25, 0.3) is 0 Å². The molecule has 2 aromatic rings. The van der Waals surface area contributed by atoms with Crippen molar-refractivity contribution in [1.82, 2.24) is 0 Å². The molecular weight excluding hydrogens is 220 g/mol. The van der Waals surface area contributed by atoms with E-state index in [0.717, 1.165) is 29.5 Å². The fourth-order valence-electron chi connectivity index (χ4n) is 2.21. The summed E-state index contributed by atoms with van der Waals surface area (Å²) in [5.41, 5.74) is 3.07. The second-order valence-electron chi connectivity index (χ2n) is 4.64. The Kier molecular flexibility index (Phi) is 4.40. The van der Waals surface area contributed by atoms with Crippen LogP contribution in [0.15, 0.2) is 48.5 Å². The third kappa shape index (κ3) is 2.92. The van der Waals surface area contributed by atoms with Gasteiger partial charge >= 0.3 is 0 Å². The summed E-state index contributed by atoms with van der Waals surface area (Å²) in [6.07, 6.45) is 4.52. The Morgan fingerprint density at radius 1 is 0.889 bits per heavy atom. The van der Waals surface area contributed by atoms with Gasteiger partial charge in [0.2, 0.25) is 0 Å². The molecule has 0 aliphatic carbocycles. The van der Waals surface area contributed by atoms with Gasteiger partial charge in [-0.15, -0.1) is 0 Å². The second kappa shape index (κ2) is 6.25. The van der Waals surface area contributed by atoms with E-state index < -0.39 is 0 Å². The molecule has 2 aromatic carbocycles. The summed E-state index contributed by atoms with van der Waals surface area (Å²) < 4.78 is 0. The summed E-state index contributed by atoms with van der Waals surface area (Å²) in [5.74, 6) is 0.444. The van der Waals surface area contributed by atoms with Crippen LogP contribution in [0, 0.1) is 0 Å². The third-order valence-electron chi connectivity index (χ3n) is 3.25. The maximum atomic E-state index is 10.3. The molecule has 94 valence electrons. The first kappa shape index (κ1) is 12.7. The SMILES string of the molecule is CCCCCc1cccc(-c2ccccc2)c1O. The first-order chi connectivity index (χ1) is 8.83. The summed E-state index contributed by atoms with van der Waals surface area (Å²) in [7, 11) is 0. The van der Waals surface area contributed by atoms with Crippen LogP contribution in [-0.2, 0) is 6.42 Å². The second-order valence-corrected chi connectivity index (χ2v) is 4.64. The molecule has 0 spiro atoms. The average Bonchev–Trinajstić information content (AvgIpc) is 2.42. The van der Waals surface area contributed by atoms with Crippen molar-refractivity contribution in [3.63, 3.8) is 0 Å². The number of hydrogen-bond acceptors (Lipinski definition) is 1. The molecule has 1 N–H and O–H groups in total. The van der Waals surface area contributed by atoms with E-state index in [0.29, 0.717) is 5.75 Å². The van der Waals surface area contributed by atoms with Crippen LogP contribution in [0.3, 0.4) is 0 Å². The summed E-state index contributed by atoms with van der Waals surface area (Å²) in [6, 6.07) is 16.1. The highest BCUT2D eigenvalue weighted by Gasteiger charge is 2.08. The van der Waals surface area contributed by atoms with Gasteiger partial charge in [-0.3, -0.25) is 0 Å². The highest BCUT2D eigenvalue weighted by atomic mass is 16.3. The Morgan fingerprint density at radius 3 is 2.39 bits per heavy atom. The fourth-order valence-corrected chi connectivity index (χ4v) is 2.21. The number of aromatic hydroxyl groups is 1. The lowest BCUT2D eigenvalue weighted by Crippen LogP contribution is -1.89. The predicted molar refractivity (Wildman–Crippen MR) is 76.8 cm³/mol. The van der Waals surface area contributed by atoms with Crippen molar-refractivity contribution in [2.45, 2.75) is 32.6 Å². The van der Waals surface area contributed by atoms with Crippen molar-refractivity contribution < 1.29 is 5.11 Å². The quantitative estimate of drug-likeness (QED) is 0.745. The van der Waals surface area contributed by atoms with Gasteiger partial charge < -0.3 is 5.11 Å². The van der Waals surface area contributed by atoms with Gasteiger partial charge in [-0.05, 0) is 24.0 Å². The van der Waals surface area contributed by atoms with Crippen LogP contribution in [0.4, 0.5) is 0 Å². The molecule has 0 saturated carbocycles. The number of unbranched alkanes of at least 4 members (excludes halogenated alkanes) is 2. The Morgan fingerprint density at radius 2 is 1.67 bits per heavy atom. The fraction of sp³-hybridized carbons (Fsp3) is 0.294. The third-order valence-corrected chi connectivity index (χ3v) is 3.25. The molecular formula is C17H20O. The van der Waals surface area contributed by atoms with Crippen LogP contribution >= 0.6 is 0 Å². The Bertz CT molecular complexity index is 488. The van der Waals surface area contributed by atoms with Crippen LogP contribution in [0.5, 0.6) is 5.75 Å². The zero-order valence-corrected chi connectivity index (χ0v) is 10.9. The summed E-state index contributed by atoms with van der Waals surface area (Å²) in [6.45, 7) is 2.19. The van der Waals surface area contributed by atoms with E-state index >= 15 is 0 Å². The molecule has 0 atom stereocenters. The molecule has 1 heteroatoms. The Labute approximate surface area is 109 Å². The number of phenolic OH excluding ortho intramolecular Hbond substituents is 1. The maximum Gasteiger partial charge on any atom is 0.126 e. The first-order valence-electron chi connectivity index (χ1n) is 6.69.